The van der Waals surface area contributed by atoms with Gasteiger partial charge in [-0.25, -0.2) is 0 Å². The number of nitrogens with one attached hydrogen (secondary N) is 1. The van der Waals surface area contributed by atoms with Gasteiger partial charge in [-0.3, -0.25) is 4.68 Å². The third-order valence-electron chi connectivity index (χ3n) is 3.88. The fourth-order valence-electron chi connectivity index (χ4n) is 2.74. The zero-order chi connectivity index (χ0) is 11.5. The van der Waals surface area contributed by atoms with E-state index in [0.717, 1.165) is 30.6 Å². The van der Waals surface area contributed by atoms with Crippen LogP contribution in [0.2, 0.25) is 0 Å². The van der Waals surface area contributed by atoms with Gasteiger partial charge >= 0.3 is 0 Å². The molecule has 2 unspecified atom stereocenters. The normalized spacial score (nSPS) is 25.2. The summed E-state index contributed by atoms with van der Waals surface area (Å²) in [5.74, 6) is 1.79. The lowest BCUT2D eigenvalue weighted by Crippen LogP contribution is -2.24. The molecule has 1 aromatic heterocycles. The molecule has 3 nitrogen and oxygen atoms in total. The van der Waals surface area contributed by atoms with Crippen LogP contribution < -0.4 is 5.32 Å². The summed E-state index contributed by atoms with van der Waals surface area (Å²) in [5, 5.41) is 7.93. The molecule has 0 aromatic carbocycles. The van der Waals surface area contributed by atoms with E-state index in [1.54, 1.807) is 0 Å². The molecule has 16 heavy (non-hydrogen) atoms. The van der Waals surface area contributed by atoms with Crippen molar-refractivity contribution in [1.82, 2.24) is 15.1 Å². The number of aryl methyl sites for hydroxylation is 2. The predicted octanol–water partition coefficient (Wildman–Crippen LogP) is 2.25. The summed E-state index contributed by atoms with van der Waals surface area (Å²) in [5.41, 5.74) is 2.47. The molecule has 0 bridgehead atoms. The number of aromatic nitrogens is 2. The van der Waals surface area contributed by atoms with E-state index in [1.807, 2.05) is 11.7 Å². The SMILES string of the molecule is Cc1nn(C)cc1CNCC1CCCC1C. The van der Waals surface area contributed by atoms with Crippen LogP contribution in [0.1, 0.15) is 37.4 Å². The average Bonchev–Trinajstić information content (AvgIpc) is 2.75. The van der Waals surface area contributed by atoms with Gasteiger partial charge in [0.05, 0.1) is 5.69 Å². The van der Waals surface area contributed by atoms with Crippen molar-refractivity contribution in [2.75, 3.05) is 6.54 Å². The first-order chi connectivity index (χ1) is 7.66. The lowest BCUT2D eigenvalue weighted by molar-refractivity contribution is 0.392. The van der Waals surface area contributed by atoms with Crippen molar-refractivity contribution in [3.8, 4) is 0 Å². The molecule has 0 amide bonds. The molecule has 2 rings (SSSR count). The Morgan fingerprint density at radius 3 is 2.88 bits per heavy atom. The first-order valence-corrected chi connectivity index (χ1v) is 6.36. The summed E-state index contributed by atoms with van der Waals surface area (Å²) in [4.78, 5) is 0. The van der Waals surface area contributed by atoms with Gasteiger partial charge in [-0.05, 0) is 31.7 Å². The second-order valence-electron chi connectivity index (χ2n) is 5.21. The van der Waals surface area contributed by atoms with E-state index in [4.69, 9.17) is 0 Å². The van der Waals surface area contributed by atoms with Crippen molar-refractivity contribution in [3.05, 3.63) is 17.5 Å². The van der Waals surface area contributed by atoms with E-state index in [9.17, 15) is 0 Å². The number of nitrogens with zero attached hydrogens (tertiary/aromatic N) is 2. The van der Waals surface area contributed by atoms with Crippen molar-refractivity contribution >= 4 is 0 Å². The van der Waals surface area contributed by atoms with Crippen LogP contribution in [-0.4, -0.2) is 16.3 Å². The molecule has 0 saturated heterocycles. The molecule has 0 spiro atoms. The maximum absolute atomic E-state index is 4.35. The van der Waals surface area contributed by atoms with Crippen LogP contribution in [0.3, 0.4) is 0 Å². The van der Waals surface area contributed by atoms with E-state index in [-0.39, 0.29) is 0 Å². The topological polar surface area (TPSA) is 29.9 Å². The Bertz CT molecular complexity index is 343. The molecule has 1 heterocycles. The van der Waals surface area contributed by atoms with Gasteiger partial charge in [-0.1, -0.05) is 19.8 Å². The molecule has 1 aliphatic carbocycles. The predicted molar refractivity (Wildman–Crippen MR) is 66.2 cm³/mol. The van der Waals surface area contributed by atoms with Crippen molar-refractivity contribution in [2.45, 2.75) is 39.7 Å². The summed E-state index contributed by atoms with van der Waals surface area (Å²) in [6.45, 7) is 6.59. The Labute approximate surface area is 98.2 Å². The monoisotopic (exact) mass is 221 g/mol. The molecular weight excluding hydrogens is 198 g/mol. The van der Waals surface area contributed by atoms with E-state index in [0.29, 0.717) is 0 Å². The Hall–Kier alpha value is -0.830. The zero-order valence-electron chi connectivity index (χ0n) is 10.7. The Kier molecular flexibility index (Phi) is 3.64. The van der Waals surface area contributed by atoms with Gasteiger partial charge in [0, 0.05) is 25.4 Å². The van der Waals surface area contributed by atoms with Crippen molar-refractivity contribution < 1.29 is 0 Å². The van der Waals surface area contributed by atoms with Gasteiger partial charge in [-0.2, -0.15) is 5.10 Å². The van der Waals surface area contributed by atoms with Gasteiger partial charge in [0.15, 0.2) is 0 Å². The minimum Gasteiger partial charge on any atom is -0.312 e. The largest absolute Gasteiger partial charge is 0.312 e. The highest BCUT2D eigenvalue weighted by Crippen LogP contribution is 2.30. The van der Waals surface area contributed by atoms with Crippen molar-refractivity contribution in [3.63, 3.8) is 0 Å². The fraction of sp³-hybridized carbons (Fsp3) is 0.769. The highest BCUT2D eigenvalue weighted by atomic mass is 15.2. The van der Waals surface area contributed by atoms with Crippen LogP contribution in [0.5, 0.6) is 0 Å². The van der Waals surface area contributed by atoms with E-state index in [1.165, 1.54) is 24.8 Å². The van der Waals surface area contributed by atoms with Crippen LogP contribution >= 0.6 is 0 Å². The first-order valence-electron chi connectivity index (χ1n) is 6.36. The van der Waals surface area contributed by atoms with Crippen molar-refractivity contribution in [2.24, 2.45) is 18.9 Å². The summed E-state index contributed by atoms with van der Waals surface area (Å²) >= 11 is 0. The average molecular weight is 221 g/mol. The molecule has 3 heteroatoms. The second kappa shape index (κ2) is 5.00. The summed E-state index contributed by atoms with van der Waals surface area (Å²) in [6.07, 6.45) is 6.35. The lowest BCUT2D eigenvalue weighted by atomic mass is 9.98. The first kappa shape index (κ1) is 11.6. The molecule has 0 aliphatic heterocycles. The molecule has 1 saturated carbocycles. The highest BCUT2D eigenvalue weighted by Gasteiger charge is 2.22. The van der Waals surface area contributed by atoms with Gasteiger partial charge in [0.1, 0.15) is 0 Å². The smallest absolute Gasteiger partial charge is 0.0638 e. The van der Waals surface area contributed by atoms with Crippen LogP contribution in [0.4, 0.5) is 0 Å². The summed E-state index contributed by atoms with van der Waals surface area (Å²) in [6, 6.07) is 0. The van der Waals surface area contributed by atoms with Crippen LogP contribution in [0.15, 0.2) is 6.20 Å². The molecule has 1 N–H and O–H groups in total. The maximum atomic E-state index is 4.35. The fourth-order valence-corrected chi connectivity index (χ4v) is 2.74. The minimum atomic E-state index is 0.886. The van der Waals surface area contributed by atoms with E-state index >= 15 is 0 Å². The third kappa shape index (κ3) is 2.64. The van der Waals surface area contributed by atoms with Crippen LogP contribution in [-0.2, 0) is 13.6 Å². The molecule has 2 atom stereocenters. The van der Waals surface area contributed by atoms with E-state index in [2.05, 4.69) is 30.5 Å². The minimum absolute atomic E-state index is 0.886. The Morgan fingerprint density at radius 2 is 2.31 bits per heavy atom. The van der Waals surface area contributed by atoms with Gasteiger partial charge in [0.2, 0.25) is 0 Å². The number of rotatable bonds is 4. The molecule has 1 aliphatic rings. The molecule has 90 valence electrons. The lowest BCUT2D eigenvalue weighted by Gasteiger charge is -2.15. The molecule has 0 radical (unpaired) electrons. The number of hydrogen-bond donors (Lipinski definition) is 1. The van der Waals surface area contributed by atoms with Crippen LogP contribution in [0.25, 0.3) is 0 Å². The second-order valence-corrected chi connectivity index (χ2v) is 5.21. The zero-order valence-corrected chi connectivity index (χ0v) is 10.7. The standard InChI is InChI=1S/C13H23N3/c1-10-5-4-6-12(10)7-14-8-13-9-16(3)15-11(13)2/h9-10,12,14H,4-8H2,1-3H3. The van der Waals surface area contributed by atoms with Crippen molar-refractivity contribution in [1.29, 1.82) is 0 Å². The van der Waals surface area contributed by atoms with Crippen LogP contribution in [0, 0.1) is 18.8 Å². The highest BCUT2D eigenvalue weighted by molar-refractivity contribution is 5.14. The summed E-state index contributed by atoms with van der Waals surface area (Å²) < 4.78 is 1.89. The number of hydrogen-bond acceptors (Lipinski definition) is 2. The third-order valence-corrected chi connectivity index (χ3v) is 3.88. The Balaban J connectivity index is 1.77. The van der Waals surface area contributed by atoms with Gasteiger partial charge in [-0.15, -0.1) is 0 Å². The quantitative estimate of drug-likeness (QED) is 0.845. The van der Waals surface area contributed by atoms with Gasteiger partial charge in [0.25, 0.3) is 0 Å². The summed E-state index contributed by atoms with van der Waals surface area (Å²) in [7, 11) is 1.98. The van der Waals surface area contributed by atoms with Gasteiger partial charge < -0.3 is 5.32 Å². The van der Waals surface area contributed by atoms with E-state index < -0.39 is 0 Å². The molecule has 1 aromatic rings. The molecule has 1 fully saturated rings. The molecular formula is C13H23N3. The Morgan fingerprint density at radius 1 is 1.50 bits per heavy atom. The maximum Gasteiger partial charge on any atom is 0.0638 e.